The Bertz CT molecular complexity index is 1080. The maximum absolute atomic E-state index is 12.6. The van der Waals surface area contributed by atoms with Crippen LogP contribution in [0.1, 0.15) is 21.5 Å². The van der Waals surface area contributed by atoms with E-state index in [0.29, 0.717) is 5.71 Å². The molecule has 0 saturated carbocycles. The summed E-state index contributed by atoms with van der Waals surface area (Å²) in [6, 6.07) is 24.9. The predicted octanol–water partition coefficient (Wildman–Crippen LogP) is 3.12. The first-order valence-electron chi connectivity index (χ1n) is 8.91. The van der Waals surface area contributed by atoms with Gasteiger partial charge in [0.25, 0.3) is 5.91 Å². The molecule has 0 atom stereocenters. The van der Waals surface area contributed by atoms with Crippen molar-refractivity contribution in [1.82, 2.24) is 9.73 Å². The van der Waals surface area contributed by atoms with Gasteiger partial charge in [0.1, 0.15) is 0 Å². The van der Waals surface area contributed by atoms with Crippen LogP contribution < -0.4 is 5.43 Å². The Morgan fingerprint density at radius 1 is 0.793 bits per heavy atom. The van der Waals surface area contributed by atoms with E-state index in [1.165, 1.54) is 32.3 Å². The molecule has 3 aromatic carbocycles. The van der Waals surface area contributed by atoms with Gasteiger partial charge in [0.2, 0.25) is 10.0 Å². The molecule has 0 fully saturated rings. The minimum Gasteiger partial charge on any atom is -0.267 e. The fourth-order valence-corrected chi connectivity index (χ4v) is 3.62. The van der Waals surface area contributed by atoms with Crippen LogP contribution in [0.25, 0.3) is 0 Å². The maximum Gasteiger partial charge on any atom is 0.271 e. The van der Waals surface area contributed by atoms with Crippen LogP contribution in [-0.2, 0) is 10.0 Å². The van der Waals surface area contributed by atoms with Crippen molar-refractivity contribution in [3.05, 3.63) is 102 Å². The number of nitrogens with zero attached hydrogens (tertiary/aromatic N) is 2. The van der Waals surface area contributed by atoms with Gasteiger partial charge in [-0.2, -0.15) is 5.10 Å². The number of amides is 1. The first kappa shape index (κ1) is 20.4. The minimum atomic E-state index is -3.63. The molecule has 0 unspecified atom stereocenters. The third-order valence-corrected chi connectivity index (χ3v) is 6.05. The van der Waals surface area contributed by atoms with E-state index in [-0.39, 0.29) is 10.5 Å². The van der Waals surface area contributed by atoms with Crippen LogP contribution in [-0.4, -0.2) is 38.4 Å². The number of carbonyl (C=O) groups excluding carboxylic acids is 1. The number of sulfonamides is 1. The molecule has 6 nitrogen and oxygen atoms in total. The normalized spacial score (nSPS) is 11.1. The van der Waals surface area contributed by atoms with Gasteiger partial charge in [-0.25, -0.2) is 18.1 Å². The summed E-state index contributed by atoms with van der Waals surface area (Å²) in [5, 5.41) is 4.32. The van der Waals surface area contributed by atoms with Crippen LogP contribution in [0, 0.1) is 0 Å². The molecule has 29 heavy (non-hydrogen) atoms. The quantitative estimate of drug-likeness (QED) is 0.504. The van der Waals surface area contributed by atoms with E-state index >= 15 is 0 Å². The number of carbonyl (C=O) groups is 1. The summed E-state index contributed by atoms with van der Waals surface area (Å²) >= 11 is 0. The third-order valence-electron chi connectivity index (χ3n) is 4.24. The highest BCUT2D eigenvalue weighted by atomic mass is 32.2. The number of benzene rings is 3. The number of nitrogens with one attached hydrogen (secondary N) is 1. The second kappa shape index (κ2) is 8.81. The summed E-state index contributed by atoms with van der Waals surface area (Å²) in [6.07, 6.45) is 0. The summed E-state index contributed by atoms with van der Waals surface area (Å²) in [5.41, 5.74) is 5.06. The van der Waals surface area contributed by atoms with E-state index < -0.39 is 15.9 Å². The van der Waals surface area contributed by atoms with Crippen molar-refractivity contribution in [3.8, 4) is 0 Å². The van der Waals surface area contributed by atoms with Crippen LogP contribution in [0.3, 0.4) is 0 Å². The van der Waals surface area contributed by atoms with Crippen LogP contribution in [0.15, 0.2) is 94.9 Å². The zero-order chi connectivity index (χ0) is 20.9. The molecular weight excluding hydrogens is 386 g/mol. The molecule has 7 heteroatoms. The van der Waals surface area contributed by atoms with Crippen molar-refractivity contribution in [1.29, 1.82) is 0 Å². The third kappa shape index (κ3) is 4.77. The number of hydrazone groups is 1. The summed E-state index contributed by atoms with van der Waals surface area (Å²) in [4.78, 5) is 12.7. The highest BCUT2D eigenvalue weighted by Crippen LogP contribution is 2.15. The highest BCUT2D eigenvalue weighted by molar-refractivity contribution is 7.89. The second-order valence-corrected chi connectivity index (χ2v) is 8.60. The summed E-state index contributed by atoms with van der Waals surface area (Å²) in [7, 11) is -0.747. The largest absolute Gasteiger partial charge is 0.271 e. The van der Waals surface area contributed by atoms with Gasteiger partial charge in [0, 0.05) is 30.8 Å². The molecule has 0 bridgehead atoms. The van der Waals surface area contributed by atoms with E-state index in [1.807, 2.05) is 60.7 Å². The number of rotatable bonds is 6. The zero-order valence-corrected chi connectivity index (χ0v) is 16.9. The molecule has 0 aliphatic heterocycles. The Morgan fingerprint density at radius 2 is 1.31 bits per heavy atom. The van der Waals surface area contributed by atoms with Gasteiger partial charge in [-0.05, 0) is 18.2 Å². The van der Waals surface area contributed by atoms with E-state index in [1.54, 1.807) is 6.07 Å². The Labute approximate surface area is 170 Å². The number of hydrogen-bond donors (Lipinski definition) is 1. The van der Waals surface area contributed by atoms with E-state index in [2.05, 4.69) is 10.5 Å². The SMILES string of the molecule is CN(C)S(=O)(=O)c1cccc(C(=O)NN=C(c2ccccc2)c2ccccc2)c1. The van der Waals surface area contributed by atoms with Crippen LogP contribution >= 0.6 is 0 Å². The average molecular weight is 407 g/mol. The lowest BCUT2D eigenvalue weighted by Crippen LogP contribution is -2.24. The molecule has 0 heterocycles. The predicted molar refractivity (Wildman–Crippen MR) is 113 cm³/mol. The van der Waals surface area contributed by atoms with Gasteiger partial charge < -0.3 is 0 Å². The molecule has 0 spiro atoms. The Balaban J connectivity index is 1.92. The van der Waals surface area contributed by atoms with Crippen molar-refractivity contribution in [2.75, 3.05) is 14.1 Å². The lowest BCUT2D eigenvalue weighted by molar-refractivity contribution is 0.0954. The van der Waals surface area contributed by atoms with Crippen LogP contribution in [0.2, 0.25) is 0 Å². The highest BCUT2D eigenvalue weighted by Gasteiger charge is 2.18. The van der Waals surface area contributed by atoms with Gasteiger partial charge in [-0.15, -0.1) is 0 Å². The molecule has 0 aliphatic rings. The molecule has 0 aromatic heterocycles. The summed E-state index contributed by atoms with van der Waals surface area (Å²) < 4.78 is 25.7. The van der Waals surface area contributed by atoms with E-state index in [9.17, 15) is 13.2 Å². The molecule has 1 amide bonds. The monoisotopic (exact) mass is 407 g/mol. The van der Waals surface area contributed by atoms with Crippen molar-refractivity contribution >= 4 is 21.6 Å². The van der Waals surface area contributed by atoms with E-state index in [4.69, 9.17) is 0 Å². The maximum atomic E-state index is 12.6. The molecule has 3 rings (SSSR count). The first-order chi connectivity index (χ1) is 13.9. The molecule has 0 saturated heterocycles. The van der Waals surface area contributed by atoms with Crippen molar-refractivity contribution < 1.29 is 13.2 Å². The summed E-state index contributed by atoms with van der Waals surface area (Å²) in [6.45, 7) is 0. The van der Waals surface area contributed by atoms with Crippen LogP contribution in [0.5, 0.6) is 0 Å². The lowest BCUT2D eigenvalue weighted by Gasteiger charge is -2.12. The first-order valence-corrected chi connectivity index (χ1v) is 10.3. The number of hydrogen-bond acceptors (Lipinski definition) is 4. The van der Waals surface area contributed by atoms with Crippen molar-refractivity contribution in [3.63, 3.8) is 0 Å². The smallest absolute Gasteiger partial charge is 0.267 e. The Kier molecular flexibility index (Phi) is 6.21. The fourth-order valence-electron chi connectivity index (χ4n) is 2.67. The molecule has 148 valence electrons. The van der Waals surface area contributed by atoms with Gasteiger partial charge in [0.15, 0.2) is 0 Å². The van der Waals surface area contributed by atoms with Gasteiger partial charge in [-0.1, -0.05) is 66.7 Å². The Hall–Kier alpha value is -3.29. The van der Waals surface area contributed by atoms with Crippen LogP contribution in [0.4, 0.5) is 0 Å². The fraction of sp³-hybridized carbons (Fsp3) is 0.0909. The molecule has 0 radical (unpaired) electrons. The van der Waals surface area contributed by atoms with Crippen molar-refractivity contribution in [2.24, 2.45) is 5.10 Å². The Morgan fingerprint density at radius 3 is 1.83 bits per heavy atom. The zero-order valence-electron chi connectivity index (χ0n) is 16.1. The standard InChI is InChI=1S/C22H21N3O3S/c1-25(2)29(27,28)20-15-9-14-19(16-20)22(26)24-23-21(17-10-5-3-6-11-17)18-12-7-4-8-13-18/h3-16H,1-2H3,(H,24,26). The molecular formula is C22H21N3O3S. The lowest BCUT2D eigenvalue weighted by atomic mass is 10.0. The topological polar surface area (TPSA) is 78.8 Å². The van der Waals surface area contributed by atoms with E-state index in [0.717, 1.165) is 15.4 Å². The van der Waals surface area contributed by atoms with Crippen molar-refractivity contribution in [2.45, 2.75) is 4.90 Å². The average Bonchev–Trinajstić information content (AvgIpc) is 2.75. The second-order valence-electron chi connectivity index (χ2n) is 6.45. The summed E-state index contributed by atoms with van der Waals surface area (Å²) in [5.74, 6) is -0.495. The molecule has 1 N–H and O–H groups in total. The minimum absolute atomic E-state index is 0.0467. The molecule has 3 aromatic rings. The molecule has 0 aliphatic carbocycles. The van der Waals surface area contributed by atoms with Gasteiger partial charge in [0.05, 0.1) is 10.6 Å². The van der Waals surface area contributed by atoms with Gasteiger partial charge in [-0.3, -0.25) is 4.79 Å². The van der Waals surface area contributed by atoms with Gasteiger partial charge >= 0.3 is 0 Å².